The molecule has 0 unspecified atom stereocenters. The van der Waals surface area contributed by atoms with E-state index >= 15 is 0 Å². The smallest absolute Gasteiger partial charge is 0.166 e. The van der Waals surface area contributed by atoms with Crippen molar-refractivity contribution in [3.8, 4) is 0 Å². The SMILES string of the molecule is CCCC(=O)c1c(C)cc(Cl)nc1Cl. The predicted molar refractivity (Wildman–Crippen MR) is 58.2 cm³/mol. The van der Waals surface area contributed by atoms with Crippen LogP contribution in [-0.4, -0.2) is 10.8 Å². The maximum absolute atomic E-state index is 11.6. The van der Waals surface area contributed by atoms with Gasteiger partial charge in [0.1, 0.15) is 10.3 Å². The minimum atomic E-state index is 0.0270. The van der Waals surface area contributed by atoms with Crippen molar-refractivity contribution in [3.63, 3.8) is 0 Å². The number of hydrogen-bond donors (Lipinski definition) is 0. The predicted octanol–water partition coefficient (Wildman–Crippen LogP) is 3.68. The van der Waals surface area contributed by atoms with E-state index in [1.54, 1.807) is 6.07 Å². The van der Waals surface area contributed by atoms with Crippen LogP contribution in [0.4, 0.5) is 0 Å². The van der Waals surface area contributed by atoms with Gasteiger partial charge in [0.05, 0.1) is 5.56 Å². The molecule has 0 fully saturated rings. The molecule has 0 aliphatic rings. The first-order valence-corrected chi connectivity index (χ1v) is 5.17. The molecule has 0 aliphatic heterocycles. The van der Waals surface area contributed by atoms with Crippen molar-refractivity contribution in [2.75, 3.05) is 0 Å². The average molecular weight is 232 g/mol. The number of carbonyl (C=O) groups is 1. The Balaban J connectivity index is 3.14. The Hall–Kier alpha value is -0.600. The number of Topliss-reactive ketones (excluding diaryl/α,β-unsaturated/α-hetero) is 1. The Morgan fingerprint density at radius 2 is 2.14 bits per heavy atom. The summed E-state index contributed by atoms with van der Waals surface area (Å²) < 4.78 is 0. The largest absolute Gasteiger partial charge is 0.294 e. The Bertz CT molecular complexity index is 340. The highest BCUT2D eigenvalue weighted by Gasteiger charge is 2.14. The molecule has 0 bridgehead atoms. The number of aryl methyl sites for hydroxylation is 1. The molecule has 4 heteroatoms. The van der Waals surface area contributed by atoms with Gasteiger partial charge in [-0.25, -0.2) is 4.98 Å². The van der Waals surface area contributed by atoms with Crippen LogP contribution < -0.4 is 0 Å². The van der Waals surface area contributed by atoms with Gasteiger partial charge in [-0.2, -0.15) is 0 Å². The second-order valence-electron chi connectivity index (χ2n) is 3.10. The van der Waals surface area contributed by atoms with Crippen molar-refractivity contribution >= 4 is 29.0 Å². The van der Waals surface area contributed by atoms with Crippen LogP contribution in [0.1, 0.15) is 35.7 Å². The molecule has 0 saturated carbocycles. The molecule has 0 N–H and O–H groups in total. The van der Waals surface area contributed by atoms with Crippen molar-refractivity contribution < 1.29 is 4.79 Å². The molecule has 1 heterocycles. The van der Waals surface area contributed by atoms with Gasteiger partial charge >= 0.3 is 0 Å². The third-order valence-corrected chi connectivity index (χ3v) is 2.36. The number of carbonyl (C=O) groups excluding carboxylic acids is 1. The zero-order chi connectivity index (χ0) is 10.7. The van der Waals surface area contributed by atoms with E-state index in [-0.39, 0.29) is 10.9 Å². The highest BCUT2D eigenvalue weighted by atomic mass is 35.5. The Kier molecular flexibility index (Phi) is 3.90. The van der Waals surface area contributed by atoms with Crippen molar-refractivity contribution in [2.45, 2.75) is 26.7 Å². The van der Waals surface area contributed by atoms with E-state index < -0.39 is 0 Å². The number of halogens is 2. The zero-order valence-corrected chi connectivity index (χ0v) is 9.61. The molecule has 1 aromatic rings. The van der Waals surface area contributed by atoms with E-state index in [9.17, 15) is 4.79 Å². The molecule has 0 amide bonds. The van der Waals surface area contributed by atoms with E-state index in [1.807, 2.05) is 13.8 Å². The fourth-order valence-corrected chi connectivity index (χ4v) is 1.92. The summed E-state index contributed by atoms with van der Waals surface area (Å²) in [6.07, 6.45) is 1.29. The molecule has 0 spiro atoms. The molecule has 0 aromatic carbocycles. The Morgan fingerprint density at radius 3 is 2.64 bits per heavy atom. The Labute approximate surface area is 93.2 Å². The molecular formula is C10H11Cl2NO. The molecule has 1 rings (SSSR count). The summed E-state index contributed by atoms with van der Waals surface area (Å²) >= 11 is 11.5. The molecule has 76 valence electrons. The topological polar surface area (TPSA) is 30.0 Å². The zero-order valence-electron chi connectivity index (χ0n) is 8.10. The fraction of sp³-hybridized carbons (Fsp3) is 0.400. The normalized spacial score (nSPS) is 10.3. The maximum Gasteiger partial charge on any atom is 0.166 e. The van der Waals surface area contributed by atoms with Crippen molar-refractivity contribution in [1.82, 2.24) is 4.98 Å². The van der Waals surface area contributed by atoms with Gasteiger partial charge in [0.2, 0.25) is 0 Å². The van der Waals surface area contributed by atoms with Crippen LogP contribution in [-0.2, 0) is 0 Å². The van der Waals surface area contributed by atoms with Crippen LogP contribution in [0, 0.1) is 6.92 Å². The summed E-state index contributed by atoms with van der Waals surface area (Å²) in [4.78, 5) is 15.5. The lowest BCUT2D eigenvalue weighted by atomic mass is 10.0. The lowest BCUT2D eigenvalue weighted by molar-refractivity contribution is 0.0981. The molecule has 2 nitrogen and oxygen atoms in total. The monoisotopic (exact) mass is 231 g/mol. The van der Waals surface area contributed by atoms with Crippen LogP contribution in [0.5, 0.6) is 0 Å². The van der Waals surface area contributed by atoms with Crippen LogP contribution in [0.2, 0.25) is 10.3 Å². The number of hydrogen-bond acceptors (Lipinski definition) is 2. The summed E-state index contributed by atoms with van der Waals surface area (Å²) in [5.41, 5.74) is 1.28. The van der Waals surface area contributed by atoms with Gasteiger partial charge in [0.15, 0.2) is 5.78 Å². The molecule has 0 aliphatic carbocycles. The van der Waals surface area contributed by atoms with Crippen LogP contribution in [0.15, 0.2) is 6.07 Å². The minimum Gasteiger partial charge on any atom is -0.294 e. The van der Waals surface area contributed by atoms with E-state index in [2.05, 4.69) is 4.98 Å². The summed E-state index contributed by atoms with van der Waals surface area (Å²) in [5, 5.41) is 0.522. The molecular weight excluding hydrogens is 221 g/mol. The summed E-state index contributed by atoms with van der Waals surface area (Å²) in [6, 6.07) is 1.65. The minimum absolute atomic E-state index is 0.0270. The standard InChI is InChI=1S/C10H11Cl2NO/c1-3-4-7(14)9-6(2)5-8(11)13-10(9)12/h5H,3-4H2,1-2H3. The Morgan fingerprint density at radius 1 is 1.50 bits per heavy atom. The van der Waals surface area contributed by atoms with E-state index in [0.29, 0.717) is 17.1 Å². The second kappa shape index (κ2) is 4.76. The van der Waals surface area contributed by atoms with Gasteiger partial charge in [-0.3, -0.25) is 4.79 Å². The van der Waals surface area contributed by atoms with Crippen molar-refractivity contribution in [2.24, 2.45) is 0 Å². The number of nitrogens with zero attached hydrogens (tertiary/aromatic N) is 1. The second-order valence-corrected chi connectivity index (χ2v) is 3.85. The first-order chi connectivity index (χ1) is 6.56. The molecule has 14 heavy (non-hydrogen) atoms. The van der Waals surface area contributed by atoms with Crippen LogP contribution >= 0.6 is 23.2 Å². The molecule has 0 saturated heterocycles. The summed E-state index contributed by atoms with van der Waals surface area (Å²) in [6.45, 7) is 3.76. The first-order valence-electron chi connectivity index (χ1n) is 4.42. The van der Waals surface area contributed by atoms with Crippen LogP contribution in [0.3, 0.4) is 0 Å². The van der Waals surface area contributed by atoms with E-state index in [1.165, 1.54) is 0 Å². The van der Waals surface area contributed by atoms with Gasteiger partial charge in [0, 0.05) is 6.42 Å². The third-order valence-electron chi connectivity index (χ3n) is 1.90. The first kappa shape index (κ1) is 11.5. The lowest BCUT2D eigenvalue weighted by Crippen LogP contribution is -2.03. The molecule has 0 atom stereocenters. The number of pyridine rings is 1. The van der Waals surface area contributed by atoms with Gasteiger partial charge < -0.3 is 0 Å². The molecule has 1 aromatic heterocycles. The average Bonchev–Trinajstić information content (AvgIpc) is 2.01. The number of rotatable bonds is 3. The van der Waals surface area contributed by atoms with Gasteiger partial charge in [0.25, 0.3) is 0 Å². The van der Waals surface area contributed by atoms with Gasteiger partial charge in [-0.05, 0) is 25.0 Å². The number of aromatic nitrogens is 1. The fourth-order valence-electron chi connectivity index (χ4n) is 1.28. The maximum atomic E-state index is 11.6. The van der Waals surface area contributed by atoms with Crippen LogP contribution in [0.25, 0.3) is 0 Å². The lowest BCUT2D eigenvalue weighted by Gasteiger charge is -2.06. The highest BCUT2D eigenvalue weighted by molar-refractivity contribution is 6.35. The van der Waals surface area contributed by atoms with Gasteiger partial charge in [-0.1, -0.05) is 30.1 Å². The van der Waals surface area contributed by atoms with E-state index in [0.717, 1.165) is 12.0 Å². The third kappa shape index (κ3) is 2.46. The van der Waals surface area contributed by atoms with E-state index in [4.69, 9.17) is 23.2 Å². The number of ketones is 1. The highest BCUT2D eigenvalue weighted by Crippen LogP contribution is 2.22. The van der Waals surface area contributed by atoms with Crippen molar-refractivity contribution in [3.05, 3.63) is 27.5 Å². The van der Waals surface area contributed by atoms with Gasteiger partial charge in [-0.15, -0.1) is 0 Å². The molecule has 0 radical (unpaired) electrons. The quantitative estimate of drug-likeness (QED) is 0.587. The summed E-state index contributed by atoms with van der Waals surface area (Å²) in [7, 11) is 0. The van der Waals surface area contributed by atoms with Crippen molar-refractivity contribution in [1.29, 1.82) is 0 Å². The summed E-state index contributed by atoms with van der Waals surface area (Å²) in [5.74, 6) is 0.0270.